The first-order valence-electron chi connectivity index (χ1n) is 9.13. The van der Waals surface area contributed by atoms with E-state index in [4.69, 9.17) is 0 Å². The third-order valence-electron chi connectivity index (χ3n) is 4.90. The van der Waals surface area contributed by atoms with Crippen LogP contribution >= 0.6 is 11.3 Å². The molecule has 0 N–H and O–H groups in total. The van der Waals surface area contributed by atoms with E-state index in [-0.39, 0.29) is 0 Å². The number of fused-ring (bicyclic) bond motifs is 1. The average Bonchev–Trinajstić information content (AvgIpc) is 3.15. The molecule has 5 rings (SSSR count). The Labute approximate surface area is 163 Å². The van der Waals surface area contributed by atoms with Gasteiger partial charge in [-0.2, -0.15) is 0 Å². The van der Waals surface area contributed by atoms with Crippen LogP contribution in [0.5, 0.6) is 0 Å². The van der Waals surface area contributed by atoms with E-state index in [0.717, 1.165) is 0 Å². The predicted molar refractivity (Wildman–Crippen MR) is 118 cm³/mol. The molecule has 1 heteroatoms. The Kier molecular flexibility index (Phi) is 4.08. The third-order valence-corrected chi connectivity index (χ3v) is 6.10. The normalized spacial score (nSPS) is 11.0. The minimum absolute atomic E-state index is 1.26. The highest BCUT2D eigenvalue weighted by Gasteiger charge is 2.18. The van der Waals surface area contributed by atoms with Crippen LogP contribution < -0.4 is 0 Å². The second-order valence-corrected chi connectivity index (χ2v) is 7.64. The van der Waals surface area contributed by atoms with Crippen LogP contribution in [-0.4, -0.2) is 0 Å². The van der Waals surface area contributed by atoms with Gasteiger partial charge < -0.3 is 0 Å². The van der Waals surface area contributed by atoms with Crippen LogP contribution in [0.25, 0.3) is 42.8 Å². The molecule has 0 saturated heterocycles. The monoisotopic (exact) mass is 362 g/mol. The van der Waals surface area contributed by atoms with Crippen LogP contribution in [0.2, 0.25) is 0 Å². The first-order valence-corrected chi connectivity index (χ1v) is 9.95. The number of hydrogen-bond acceptors (Lipinski definition) is 1. The Bertz CT molecular complexity index is 1190. The van der Waals surface area contributed by atoms with Gasteiger partial charge in [-0.1, -0.05) is 103 Å². The molecule has 27 heavy (non-hydrogen) atoms. The highest BCUT2D eigenvalue weighted by atomic mass is 32.1. The summed E-state index contributed by atoms with van der Waals surface area (Å²) in [5, 5.41) is 1.35. The molecule has 0 aliphatic heterocycles. The smallest absolute Gasteiger partial charge is 0.0434 e. The molecule has 5 aromatic rings. The fourth-order valence-corrected chi connectivity index (χ4v) is 4.94. The first-order chi connectivity index (χ1) is 13.4. The molecular formula is C26H18S. The van der Waals surface area contributed by atoms with Crippen molar-refractivity contribution in [3.05, 3.63) is 109 Å². The summed E-state index contributed by atoms with van der Waals surface area (Å²) in [6, 6.07) is 38.8. The van der Waals surface area contributed by atoms with E-state index in [1.165, 1.54) is 42.8 Å². The molecule has 1 aromatic heterocycles. The Morgan fingerprint density at radius 1 is 0.444 bits per heavy atom. The van der Waals surface area contributed by atoms with Gasteiger partial charge in [-0.15, -0.1) is 11.3 Å². The topological polar surface area (TPSA) is 0 Å². The van der Waals surface area contributed by atoms with Crippen molar-refractivity contribution in [3.8, 4) is 32.7 Å². The van der Waals surface area contributed by atoms with E-state index in [9.17, 15) is 0 Å². The van der Waals surface area contributed by atoms with Gasteiger partial charge in [0.25, 0.3) is 0 Å². The Morgan fingerprint density at radius 2 is 1.00 bits per heavy atom. The molecule has 0 saturated carbocycles. The van der Waals surface area contributed by atoms with Gasteiger partial charge >= 0.3 is 0 Å². The van der Waals surface area contributed by atoms with Crippen LogP contribution in [0, 0.1) is 0 Å². The lowest BCUT2D eigenvalue weighted by atomic mass is 9.93. The minimum Gasteiger partial charge on any atom is -0.135 e. The maximum atomic E-state index is 2.24. The lowest BCUT2D eigenvalue weighted by molar-refractivity contribution is 1.64. The van der Waals surface area contributed by atoms with Crippen LogP contribution in [-0.2, 0) is 0 Å². The Morgan fingerprint density at radius 3 is 1.63 bits per heavy atom. The average molecular weight is 362 g/mol. The maximum Gasteiger partial charge on any atom is 0.0434 e. The van der Waals surface area contributed by atoms with Crippen molar-refractivity contribution in [1.82, 2.24) is 0 Å². The molecule has 0 unspecified atom stereocenters. The number of thiophene rings is 1. The SMILES string of the molecule is c1ccc(-c2sc3cccc(-c4ccccc4)c3c2-c2ccccc2)cc1. The lowest BCUT2D eigenvalue weighted by Gasteiger charge is -2.09. The maximum absolute atomic E-state index is 2.24. The fourth-order valence-electron chi connectivity index (χ4n) is 3.68. The number of benzene rings is 4. The lowest BCUT2D eigenvalue weighted by Crippen LogP contribution is -1.83. The molecule has 0 bridgehead atoms. The van der Waals surface area contributed by atoms with Gasteiger partial charge in [-0.25, -0.2) is 0 Å². The molecule has 0 radical (unpaired) electrons. The molecule has 0 amide bonds. The van der Waals surface area contributed by atoms with Crippen molar-refractivity contribution >= 4 is 21.4 Å². The van der Waals surface area contributed by atoms with E-state index < -0.39 is 0 Å². The summed E-state index contributed by atoms with van der Waals surface area (Å²) >= 11 is 1.88. The fraction of sp³-hybridized carbons (Fsp3) is 0. The van der Waals surface area contributed by atoms with Crippen molar-refractivity contribution in [2.24, 2.45) is 0 Å². The van der Waals surface area contributed by atoms with E-state index in [2.05, 4.69) is 109 Å². The zero-order valence-electron chi connectivity index (χ0n) is 14.8. The van der Waals surface area contributed by atoms with Crippen molar-refractivity contribution < 1.29 is 0 Å². The molecular weight excluding hydrogens is 344 g/mol. The Balaban J connectivity index is 1.90. The second-order valence-electron chi connectivity index (χ2n) is 6.58. The van der Waals surface area contributed by atoms with Crippen molar-refractivity contribution in [2.75, 3.05) is 0 Å². The molecule has 1 heterocycles. The summed E-state index contributed by atoms with van der Waals surface area (Å²) in [5.41, 5.74) is 6.44. The number of rotatable bonds is 3. The molecule has 0 nitrogen and oxygen atoms in total. The molecule has 4 aromatic carbocycles. The van der Waals surface area contributed by atoms with Gasteiger partial charge in [0.1, 0.15) is 0 Å². The highest BCUT2D eigenvalue weighted by Crippen LogP contribution is 2.47. The van der Waals surface area contributed by atoms with Crippen LogP contribution in [0.15, 0.2) is 109 Å². The van der Waals surface area contributed by atoms with Gasteiger partial charge in [0.15, 0.2) is 0 Å². The van der Waals surface area contributed by atoms with Crippen molar-refractivity contribution in [1.29, 1.82) is 0 Å². The van der Waals surface area contributed by atoms with E-state index in [1.54, 1.807) is 0 Å². The molecule has 0 atom stereocenters. The van der Waals surface area contributed by atoms with Crippen LogP contribution in [0.3, 0.4) is 0 Å². The second kappa shape index (κ2) is 6.86. The first kappa shape index (κ1) is 16.0. The largest absolute Gasteiger partial charge is 0.135 e. The molecule has 0 aliphatic carbocycles. The minimum atomic E-state index is 1.26. The number of hydrogen-bond donors (Lipinski definition) is 0. The zero-order valence-corrected chi connectivity index (χ0v) is 15.6. The van der Waals surface area contributed by atoms with Gasteiger partial charge in [-0.3, -0.25) is 0 Å². The van der Waals surface area contributed by atoms with Gasteiger partial charge in [0.2, 0.25) is 0 Å². The summed E-state index contributed by atoms with van der Waals surface area (Å²) in [5.74, 6) is 0. The molecule has 128 valence electrons. The summed E-state index contributed by atoms with van der Waals surface area (Å²) in [4.78, 5) is 1.33. The van der Waals surface area contributed by atoms with Gasteiger partial charge in [0.05, 0.1) is 0 Å². The van der Waals surface area contributed by atoms with Gasteiger partial charge in [0, 0.05) is 20.5 Å². The van der Waals surface area contributed by atoms with Crippen LogP contribution in [0.4, 0.5) is 0 Å². The van der Waals surface area contributed by atoms with E-state index in [1.807, 2.05) is 11.3 Å². The summed E-state index contributed by atoms with van der Waals surface area (Å²) in [6.45, 7) is 0. The van der Waals surface area contributed by atoms with E-state index >= 15 is 0 Å². The zero-order chi connectivity index (χ0) is 18.1. The van der Waals surface area contributed by atoms with E-state index in [0.29, 0.717) is 0 Å². The van der Waals surface area contributed by atoms with Gasteiger partial charge in [-0.05, 0) is 28.3 Å². The summed E-state index contributed by atoms with van der Waals surface area (Å²) in [6.07, 6.45) is 0. The Hall–Kier alpha value is -3.16. The molecule has 0 fully saturated rings. The van der Waals surface area contributed by atoms with Crippen molar-refractivity contribution in [3.63, 3.8) is 0 Å². The highest BCUT2D eigenvalue weighted by molar-refractivity contribution is 7.23. The van der Waals surface area contributed by atoms with Crippen LogP contribution in [0.1, 0.15) is 0 Å². The third kappa shape index (κ3) is 2.87. The summed E-state index contributed by atoms with van der Waals surface area (Å²) in [7, 11) is 0. The molecule has 0 aliphatic rings. The summed E-state index contributed by atoms with van der Waals surface area (Å²) < 4.78 is 1.33. The predicted octanol–water partition coefficient (Wildman–Crippen LogP) is 7.90. The van der Waals surface area contributed by atoms with Crippen molar-refractivity contribution in [2.45, 2.75) is 0 Å². The standard InChI is InChI=1S/C26H18S/c1-4-11-19(12-5-1)22-17-10-18-23-25(22)24(20-13-6-2-7-14-20)26(27-23)21-15-8-3-9-16-21/h1-18H. The molecule has 0 spiro atoms. The quantitative estimate of drug-likeness (QED) is 0.306.